The standard InChI is InChI=1S/C15H20N2O4/c1-20-13-7-11(6-12(16)8-13)14(18)17-5-3-4-10(9-17)15(19)21-2/h6-8,10H,3-5,9,16H2,1-2H3. The van der Waals surface area contributed by atoms with Crippen LogP contribution in [0, 0.1) is 5.92 Å². The third kappa shape index (κ3) is 3.45. The molecule has 1 aliphatic rings. The minimum Gasteiger partial charge on any atom is -0.497 e. The predicted octanol–water partition coefficient (Wildman–Crippen LogP) is 1.30. The first kappa shape index (κ1) is 15.2. The van der Waals surface area contributed by atoms with E-state index in [1.807, 2.05) is 0 Å². The quantitative estimate of drug-likeness (QED) is 0.671. The Morgan fingerprint density at radius 3 is 2.71 bits per heavy atom. The normalized spacial score (nSPS) is 18.2. The van der Waals surface area contributed by atoms with Gasteiger partial charge in [0, 0.05) is 30.4 Å². The highest BCUT2D eigenvalue weighted by molar-refractivity contribution is 5.96. The van der Waals surface area contributed by atoms with Crippen molar-refractivity contribution in [1.29, 1.82) is 0 Å². The summed E-state index contributed by atoms with van der Waals surface area (Å²) in [5.41, 5.74) is 6.72. The third-order valence-corrected chi connectivity index (χ3v) is 3.65. The molecule has 2 rings (SSSR count). The number of hydrogen-bond acceptors (Lipinski definition) is 5. The second-order valence-electron chi connectivity index (χ2n) is 5.11. The summed E-state index contributed by atoms with van der Waals surface area (Å²) >= 11 is 0. The molecule has 0 radical (unpaired) electrons. The molecular weight excluding hydrogens is 272 g/mol. The van der Waals surface area contributed by atoms with E-state index in [1.165, 1.54) is 14.2 Å². The second kappa shape index (κ2) is 6.47. The molecule has 1 atom stereocenters. The monoisotopic (exact) mass is 292 g/mol. The van der Waals surface area contributed by atoms with Crippen molar-refractivity contribution < 1.29 is 19.1 Å². The number of methoxy groups -OCH3 is 2. The fourth-order valence-electron chi connectivity index (χ4n) is 2.57. The summed E-state index contributed by atoms with van der Waals surface area (Å²) in [5.74, 6) is -0.123. The summed E-state index contributed by atoms with van der Waals surface area (Å²) in [6.45, 7) is 1.01. The number of nitrogen functional groups attached to an aromatic ring is 1. The van der Waals surface area contributed by atoms with Gasteiger partial charge in [-0.05, 0) is 25.0 Å². The van der Waals surface area contributed by atoms with Gasteiger partial charge in [0.05, 0.1) is 20.1 Å². The summed E-state index contributed by atoms with van der Waals surface area (Å²) in [6, 6.07) is 4.93. The second-order valence-corrected chi connectivity index (χ2v) is 5.11. The molecule has 1 aromatic rings. The van der Waals surface area contributed by atoms with Crippen LogP contribution in [0.25, 0.3) is 0 Å². The molecule has 6 heteroatoms. The van der Waals surface area contributed by atoms with Gasteiger partial charge in [-0.1, -0.05) is 0 Å². The van der Waals surface area contributed by atoms with Crippen molar-refractivity contribution in [1.82, 2.24) is 4.90 Å². The van der Waals surface area contributed by atoms with E-state index in [0.29, 0.717) is 30.1 Å². The van der Waals surface area contributed by atoms with Crippen molar-refractivity contribution in [2.75, 3.05) is 33.0 Å². The SMILES string of the molecule is COC(=O)C1CCCN(C(=O)c2cc(N)cc(OC)c2)C1. The lowest BCUT2D eigenvalue weighted by Crippen LogP contribution is -2.42. The summed E-state index contributed by atoms with van der Waals surface area (Å²) in [6.07, 6.45) is 1.53. The van der Waals surface area contributed by atoms with Crippen molar-refractivity contribution in [3.63, 3.8) is 0 Å². The molecule has 0 bridgehead atoms. The minimum absolute atomic E-state index is 0.144. The minimum atomic E-state index is -0.266. The van der Waals surface area contributed by atoms with Crippen molar-refractivity contribution in [2.45, 2.75) is 12.8 Å². The lowest BCUT2D eigenvalue weighted by atomic mass is 9.97. The van der Waals surface area contributed by atoms with Gasteiger partial charge in [-0.2, -0.15) is 0 Å². The topological polar surface area (TPSA) is 81.9 Å². The number of nitrogens with two attached hydrogens (primary N) is 1. The molecule has 1 unspecified atom stereocenters. The van der Waals surface area contributed by atoms with Crippen LogP contribution in [0.3, 0.4) is 0 Å². The Balaban J connectivity index is 2.15. The fraction of sp³-hybridized carbons (Fsp3) is 0.467. The van der Waals surface area contributed by atoms with Crippen LogP contribution in [0.4, 0.5) is 5.69 Å². The van der Waals surface area contributed by atoms with Gasteiger partial charge in [0.1, 0.15) is 5.75 Å². The maximum absolute atomic E-state index is 12.5. The zero-order valence-corrected chi connectivity index (χ0v) is 12.3. The number of hydrogen-bond donors (Lipinski definition) is 1. The lowest BCUT2D eigenvalue weighted by Gasteiger charge is -2.31. The number of benzene rings is 1. The maximum atomic E-state index is 12.5. The number of amides is 1. The number of carbonyl (C=O) groups excluding carboxylic acids is 2. The van der Waals surface area contributed by atoms with E-state index >= 15 is 0 Å². The number of esters is 1. The molecule has 21 heavy (non-hydrogen) atoms. The zero-order valence-electron chi connectivity index (χ0n) is 12.3. The Morgan fingerprint density at radius 1 is 1.29 bits per heavy atom. The number of rotatable bonds is 3. The van der Waals surface area contributed by atoms with Gasteiger partial charge < -0.3 is 20.1 Å². The summed E-state index contributed by atoms with van der Waals surface area (Å²) in [4.78, 5) is 25.8. The molecule has 1 aliphatic heterocycles. The van der Waals surface area contributed by atoms with Crippen LogP contribution in [0.1, 0.15) is 23.2 Å². The Kier molecular flexibility index (Phi) is 4.67. The van der Waals surface area contributed by atoms with Crippen LogP contribution >= 0.6 is 0 Å². The molecule has 1 aromatic carbocycles. The first-order chi connectivity index (χ1) is 10.0. The Labute approximate surface area is 123 Å². The largest absolute Gasteiger partial charge is 0.497 e. The number of likely N-dealkylation sites (tertiary alicyclic amines) is 1. The van der Waals surface area contributed by atoms with E-state index in [4.69, 9.17) is 15.2 Å². The van der Waals surface area contributed by atoms with E-state index in [1.54, 1.807) is 23.1 Å². The van der Waals surface area contributed by atoms with Crippen LogP contribution in [-0.2, 0) is 9.53 Å². The zero-order chi connectivity index (χ0) is 15.4. The number of anilines is 1. The van der Waals surface area contributed by atoms with Gasteiger partial charge in [0.15, 0.2) is 0 Å². The molecule has 114 valence electrons. The van der Waals surface area contributed by atoms with Crippen LogP contribution in [-0.4, -0.2) is 44.1 Å². The van der Waals surface area contributed by atoms with Crippen molar-refractivity contribution in [2.24, 2.45) is 5.92 Å². The highest BCUT2D eigenvalue weighted by Gasteiger charge is 2.29. The van der Waals surface area contributed by atoms with E-state index in [-0.39, 0.29) is 17.8 Å². The van der Waals surface area contributed by atoms with Gasteiger partial charge in [-0.15, -0.1) is 0 Å². The van der Waals surface area contributed by atoms with Crippen LogP contribution < -0.4 is 10.5 Å². The molecule has 6 nitrogen and oxygen atoms in total. The molecule has 1 amide bonds. The molecular formula is C15H20N2O4. The van der Waals surface area contributed by atoms with Crippen molar-refractivity contribution in [3.8, 4) is 5.75 Å². The van der Waals surface area contributed by atoms with Crippen LogP contribution in [0.5, 0.6) is 5.75 Å². The molecule has 2 N–H and O–H groups in total. The summed E-state index contributed by atoms with van der Waals surface area (Å²) < 4.78 is 9.89. The van der Waals surface area contributed by atoms with Crippen molar-refractivity contribution >= 4 is 17.6 Å². The molecule has 0 aliphatic carbocycles. The number of nitrogens with zero attached hydrogens (tertiary/aromatic N) is 1. The maximum Gasteiger partial charge on any atom is 0.310 e. The van der Waals surface area contributed by atoms with E-state index < -0.39 is 0 Å². The third-order valence-electron chi connectivity index (χ3n) is 3.65. The van der Waals surface area contributed by atoms with Gasteiger partial charge in [-0.3, -0.25) is 9.59 Å². The molecule has 0 aromatic heterocycles. The first-order valence-electron chi connectivity index (χ1n) is 6.86. The molecule has 1 heterocycles. The Hall–Kier alpha value is -2.24. The smallest absolute Gasteiger partial charge is 0.310 e. The lowest BCUT2D eigenvalue weighted by molar-refractivity contribution is -0.146. The van der Waals surface area contributed by atoms with E-state index in [2.05, 4.69) is 0 Å². The number of ether oxygens (including phenoxy) is 2. The van der Waals surface area contributed by atoms with E-state index in [9.17, 15) is 9.59 Å². The number of piperidine rings is 1. The molecule has 1 fully saturated rings. The van der Waals surface area contributed by atoms with Gasteiger partial charge >= 0.3 is 5.97 Å². The van der Waals surface area contributed by atoms with Gasteiger partial charge in [0.25, 0.3) is 5.91 Å². The summed E-state index contributed by atoms with van der Waals surface area (Å²) in [7, 11) is 2.89. The van der Waals surface area contributed by atoms with Crippen molar-refractivity contribution in [3.05, 3.63) is 23.8 Å². The Bertz CT molecular complexity index is 544. The fourth-order valence-corrected chi connectivity index (χ4v) is 2.57. The van der Waals surface area contributed by atoms with Gasteiger partial charge in [-0.25, -0.2) is 0 Å². The first-order valence-corrected chi connectivity index (χ1v) is 6.86. The Morgan fingerprint density at radius 2 is 2.05 bits per heavy atom. The van der Waals surface area contributed by atoms with Gasteiger partial charge in [0.2, 0.25) is 0 Å². The molecule has 1 saturated heterocycles. The highest BCUT2D eigenvalue weighted by Crippen LogP contribution is 2.23. The summed E-state index contributed by atoms with van der Waals surface area (Å²) in [5, 5.41) is 0. The highest BCUT2D eigenvalue weighted by atomic mass is 16.5. The average molecular weight is 292 g/mol. The van der Waals surface area contributed by atoms with Crippen LogP contribution in [0.15, 0.2) is 18.2 Å². The average Bonchev–Trinajstić information content (AvgIpc) is 2.52. The van der Waals surface area contributed by atoms with Crippen LogP contribution in [0.2, 0.25) is 0 Å². The molecule has 0 saturated carbocycles. The van der Waals surface area contributed by atoms with E-state index in [0.717, 1.165) is 12.8 Å². The predicted molar refractivity (Wildman–Crippen MR) is 78.0 cm³/mol. The molecule has 0 spiro atoms. The number of carbonyl (C=O) groups is 2.